The molecule has 2 aromatic carbocycles. The monoisotopic (exact) mass is 343 g/mol. The van der Waals surface area contributed by atoms with Gasteiger partial charge in [0.15, 0.2) is 0 Å². The van der Waals surface area contributed by atoms with Crippen molar-refractivity contribution in [1.29, 1.82) is 0 Å². The predicted molar refractivity (Wildman–Crippen MR) is 93.6 cm³/mol. The molecule has 5 heteroatoms. The summed E-state index contributed by atoms with van der Waals surface area (Å²) in [5.74, 6) is -0.264. The minimum Gasteiger partial charge on any atom is -0.465 e. The normalized spacial score (nSPS) is 12.8. The minimum absolute atomic E-state index is 0.0921. The van der Waals surface area contributed by atoms with Gasteiger partial charge in [0, 0.05) is 23.7 Å². The number of aryl methyl sites for hydroxylation is 1. The van der Waals surface area contributed by atoms with E-state index >= 15 is 0 Å². The van der Waals surface area contributed by atoms with E-state index in [1.807, 2.05) is 36.4 Å². The van der Waals surface area contributed by atoms with Gasteiger partial charge in [-0.3, -0.25) is 4.79 Å². The fraction of sp³-hybridized carbons (Fsp3) is 0.263. The standard InChI is InChI=1S/C19H18ClNO3/c1-24-19(23)15-5-8-17-14(12-15)10-11-21(17)18(22)9-4-13-2-6-16(20)7-3-13/h2-3,5-8,12H,4,9-11H2,1H3. The molecule has 0 atom stereocenters. The van der Waals surface area contributed by atoms with Crippen molar-refractivity contribution in [3.05, 3.63) is 64.2 Å². The fourth-order valence-electron chi connectivity index (χ4n) is 2.94. The Morgan fingerprint density at radius 2 is 1.92 bits per heavy atom. The first kappa shape index (κ1) is 16.5. The topological polar surface area (TPSA) is 46.6 Å². The van der Waals surface area contributed by atoms with Gasteiger partial charge in [0.05, 0.1) is 12.7 Å². The average Bonchev–Trinajstić information content (AvgIpc) is 3.03. The second-order valence-electron chi connectivity index (χ2n) is 5.76. The van der Waals surface area contributed by atoms with E-state index in [9.17, 15) is 9.59 Å². The van der Waals surface area contributed by atoms with Crippen LogP contribution in [-0.2, 0) is 22.4 Å². The lowest BCUT2D eigenvalue weighted by molar-refractivity contribution is -0.118. The molecule has 0 saturated carbocycles. The molecule has 4 nitrogen and oxygen atoms in total. The summed E-state index contributed by atoms with van der Waals surface area (Å²) in [4.78, 5) is 25.9. The largest absolute Gasteiger partial charge is 0.465 e. The highest BCUT2D eigenvalue weighted by molar-refractivity contribution is 6.30. The zero-order chi connectivity index (χ0) is 17.1. The molecular weight excluding hydrogens is 326 g/mol. The Hall–Kier alpha value is -2.33. The second kappa shape index (κ2) is 7.05. The summed E-state index contributed by atoms with van der Waals surface area (Å²) in [5, 5.41) is 0.694. The van der Waals surface area contributed by atoms with Gasteiger partial charge in [-0.1, -0.05) is 23.7 Å². The van der Waals surface area contributed by atoms with Gasteiger partial charge in [-0.2, -0.15) is 0 Å². The van der Waals surface area contributed by atoms with Gasteiger partial charge in [-0.05, 0) is 54.3 Å². The third-order valence-corrected chi connectivity index (χ3v) is 4.49. The Balaban J connectivity index is 1.68. The van der Waals surface area contributed by atoms with Crippen LogP contribution >= 0.6 is 11.6 Å². The second-order valence-corrected chi connectivity index (χ2v) is 6.19. The van der Waals surface area contributed by atoms with Crippen LogP contribution in [0.1, 0.15) is 27.9 Å². The van der Waals surface area contributed by atoms with E-state index in [0.717, 1.165) is 23.2 Å². The SMILES string of the molecule is COC(=O)c1ccc2c(c1)CCN2C(=O)CCc1ccc(Cl)cc1. The lowest BCUT2D eigenvalue weighted by atomic mass is 10.1. The quantitative estimate of drug-likeness (QED) is 0.796. The number of nitrogens with zero attached hydrogens (tertiary/aromatic N) is 1. The summed E-state index contributed by atoms with van der Waals surface area (Å²) in [6.45, 7) is 0.652. The van der Waals surface area contributed by atoms with E-state index in [0.29, 0.717) is 30.0 Å². The van der Waals surface area contributed by atoms with Crippen LogP contribution < -0.4 is 4.90 Å². The number of halogens is 1. The van der Waals surface area contributed by atoms with Crippen molar-refractivity contribution in [1.82, 2.24) is 0 Å². The highest BCUT2D eigenvalue weighted by Crippen LogP contribution is 2.30. The van der Waals surface area contributed by atoms with Crippen molar-refractivity contribution in [2.75, 3.05) is 18.6 Å². The van der Waals surface area contributed by atoms with Crippen molar-refractivity contribution >= 4 is 29.2 Å². The van der Waals surface area contributed by atoms with Gasteiger partial charge in [-0.25, -0.2) is 4.79 Å². The van der Waals surface area contributed by atoms with Crippen LogP contribution in [0.4, 0.5) is 5.69 Å². The lowest BCUT2D eigenvalue weighted by Gasteiger charge is -2.17. The van der Waals surface area contributed by atoms with E-state index in [1.165, 1.54) is 7.11 Å². The Labute approximate surface area is 146 Å². The zero-order valence-electron chi connectivity index (χ0n) is 13.4. The number of anilines is 1. The van der Waals surface area contributed by atoms with Gasteiger partial charge in [0.1, 0.15) is 0 Å². The van der Waals surface area contributed by atoms with Gasteiger partial charge in [0.2, 0.25) is 5.91 Å². The zero-order valence-corrected chi connectivity index (χ0v) is 14.2. The van der Waals surface area contributed by atoms with Crippen LogP contribution in [0.2, 0.25) is 5.02 Å². The summed E-state index contributed by atoms with van der Waals surface area (Å²) in [5.41, 5.74) is 3.52. The number of fused-ring (bicyclic) bond motifs is 1. The first-order valence-electron chi connectivity index (χ1n) is 7.84. The lowest BCUT2D eigenvalue weighted by Crippen LogP contribution is -2.29. The molecule has 0 aliphatic carbocycles. The number of rotatable bonds is 4. The van der Waals surface area contributed by atoms with Gasteiger partial charge in [0.25, 0.3) is 0 Å². The van der Waals surface area contributed by atoms with E-state index < -0.39 is 0 Å². The highest BCUT2D eigenvalue weighted by Gasteiger charge is 2.25. The maximum Gasteiger partial charge on any atom is 0.337 e. The molecule has 2 aromatic rings. The molecule has 0 radical (unpaired) electrons. The fourth-order valence-corrected chi connectivity index (χ4v) is 3.07. The molecule has 1 aliphatic heterocycles. The Morgan fingerprint density at radius 1 is 1.17 bits per heavy atom. The molecule has 124 valence electrons. The Bertz CT molecular complexity index is 771. The van der Waals surface area contributed by atoms with Crippen LogP contribution in [0.3, 0.4) is 0 Å². The molecule has 0 N–H and O–H groups in total. The van der Waals surface area contributed by atoms with Crippen LogP contribution in [0.15, 0.2) is 42.5 Å². The molecule has 24 heavy (non-hydrogen) atoms. The first-order chi connectivity index (χ1) is 11.6. The molecule has 1 aliphatic rings. The summed E-state index contributed by atoms with van der Waals surface area (Å²) in [6, 6.07) is 12.9. The molecule has 1 amide bonds. The molecule has 1 heterocycles. The molecular formula is C19H18ClNO3. The average molecular weight is 344 g/mol. The van der Waals surface area contributed by atoms with E-state index in [1.54, 1.807) is 11.0 Å². The van der Waals surface area contributed by atoms with Crippen molar-refractivity contribution < 1.29 is 14.3 Å². The number of methoxy groups -OCH3 is 1. The number of esters is 1. The van der Waals surface area contributed by atoms with E-state index in [2.05, 4.69) is 0 Å². The molecule has 3 rings (SSSR count). The van der Waals surface area contributed by atoms with Crippen LogP contribution in [0, 0.1) is 0 Å². The van der Waals surface area contributed by atoms with Crippen molar-refractivity contribution in [2.24, 2.45) is 0 Å². The van der Waals surface area contributed by atoms with Crippen LogP contribution in [0.5, 0.6) is 0 Å². The summed E-state index contributed by atoms with van der Waals surface area (Å²) in [7, 11) is 1.36. The third-order valence-electron chi connectivity index (χ3n) is 4.24. The van der Waals surface area contributed by atoms with Gasteiger partial charge in [-0.15, -0.1) is 0 Å². The molecule has 0 unspecified atom stereocenters. The van der Waals surface area contributed by atoms with E-state index in [4.69, 9.17) is 16.3 Å². The maximum atomic E-state index is 12.5. The van der Waals surface area contributed by atoms with E-state index in [-0.39, 0.29) is 11.9 Å². The smallest absolute Gasteiger partial charge is 0.337 e. The number of benzene rings is 2. The van der Waals surface area contributed by atoms with Gasteiger partial charge < -0.3 is 9.64 Å². The molecule has 0 saturated heterocycles. The number of amides is 1. The molecule has 0 bridgehead atoms. The maximum absolute atomic E-state index is 12.5. The number of carbonyl (C=O) groups is 2. The molecule has 0 fully saturated rings. The molecule has 0 spiro atoms. The third kappa shape index (κ3) is 3.44. The molecule has 0 aromatic heterocycles. The number of hydrogen-bond donors (Lipinski definition) is 0. The van der Waals surface area contributed by atoms with Crippen molar-refractivity contribution in [2.45, 2.75) is 19.3 Å². The number of carbonyl (C=O) groups excluding carboxylic acids is 2. The van der Waals surface area contributed by atoms with Crippen LogP contribution in [-0.4, -0.2) is 25.5 Å². The minimum atomic E-state index is -0.356. The Kier molecular flexibility index (Phi) is 4.86. The van der Waals surface area contributed by atoms with Crippen molar-refractivity contribution in [3.8, 4) is 0 Å². The summed E-state index contributed by atoms with van der Waals surface area (Å²) < 4.78 is 4.74. The van der Waals surface area contributed by atoms with Crippen LogP contribution in [0.25, 0.3) is 0 Å². The van der Waals surface area contributed by atoms with Gasteiger partial charge >= 0.3 is 5.97 Å². The highest BCUT2D eigenvalue weighted by atomic mass is 35.5. The number of hydrogen-bond acceptors (Lipinski definition) is 3. The summed E-state index contributed by atoms with van der Waals surface area (Å²) >= 11 is 5.87. The first-order valence-corrected chi connectivity index (χ1v) is 8.22. The van der Waals surface area contributed by atoms with Crippen molar-refractivity contribution in [3.63, 3.8) is 0 Å². The summed E-state index contributed by atoms with van der Waals surface area (Å²) in [6.07, 6.45) is 1.88. The predicted octanol–water partition coefficient (Wildman–Crippen LogP) is 3.65. The Morgan fingerprint density at radius 3 is 2.62 bits per heavy atom. The number of ether oxygens (including phenoxy) is 1.